The van der Waals surface area contributed by atoms with E-state index < -0.39 is 11.7 Å². The van der Waals surface area contributed by atoms with E-state index >= 15 is 0 Å². The smallest absolute Gasteiger partial charge is 0.419 e. The number of thiazole rings is 1. The number of benzene rings is 2. The molecule has 0 saturated carbocycles. The highest BCUT2D eigenvalue weighted by Crippen LogP contribution is 2.24. The van der Waals surface area contributed by atoms with Crippen molar-refractivity contribution >= 4 is 28.4 Å². The largest absolute Gasteiger partial charge is 0.459 e. The number of aryl methyl sites for hydroxylation is 1. The molecule has 0 spiro atoms. The maximum absolute atomic E-state index is 13.0. The molecule has 4 aromatic rings. The van der Waals surface area contributed by atoms with E-state index in [0.29, 0.717) is 16.8 Å². The fourth-order valence-corrected chi connectivity index (χ4v) is 3.56. The fraction of sp³-hybridized carbons (Fsp3) is 0.150. The van der Waals surface area contributed by atoms with Crippen molar-refractivity contribution in [2.45, 2.75) is 19.6 Å². The number of halogens is 1. The molecule has 0 radical (unpaired) electrons. The van der Waals surface area contributed by atoms with Gasteiger partial charge in [0.1, 0.15) is 17.4 Å². The predicted molar refractivity (Wildman–Crippen MR) is 102 cm³/mol. The number of oxazole rings is 1. The van der Waals surface area contributed by atoms with Gasteiger partial charge in [0.15, 0.2) is 5.58 Å². The summed E-state index contributed by atoms with van der Waals surface area (Å²) in [7, 11) is 0. The summed E-state index contributed by atoms with van der Waals surface area (Å²) >= 11 is 1.39. The molecule has 2 aromatic carbocycles. The van der Waals surface area contributed by atoms with Gasteiger partial charge in [-0.15, -0.1) is 11.3 Å². The number of hydrogen-bond acceptors (Lipinski definition) is 6. The quantitative estimate of drug-likeness (QED) is 0.459. The second-order valence-electron chi connectivity index (χ2n) is 6.05. The molecule has 0 aliphatic rings. The Bertz CT molecular complexity index is 1180. The lowest BCUT2D eigenvalue weighted by Gasteiger charge is -2.04. The van der Waals surface area contributed by atoms with Crippen molar-refractivity contribution in [2.24, 2.45) is 0 Å². The van der Waals surface area contributed by atoms with Crippen LogP contribution in [-0.4, -0.2) is 15.5 Å². The van der Waals surface area contributed by atoms with Gasteiger partial charge in [-0.3, -0.25) is 9.36 Å². The topological polar surface area (TPSA) is 74.3 Å². The van der Waals surface area contributed by atoms with Gasteiger partial charge in [0.2, 0.25) is 0 Å². The van der Waals surface area contributed by atoms with Gasteiger partial charge >= 0.3 is 11.7 Å². The van der Waals surface area contributed by atoms with E-state index in [1.807, 2.05) is 0 Å². The Hall–Kier alpha value is -3.26. The van der Waals surface area contributed by atoms with Crippen molar-refractivity contribution in [3.05, 3.63) is 76.0 Å². The molecule has 6 nitrogen and oxygen atoms in total. The number of rotatable bonds is 6. The molecule has 0 aliphatic heterocycles. The highest BCUT2D eigenvalue weighted by Gasteiger charge is 2.12. The first-order valence-corrected chi connectivity index (χ1v) is 9.42. The van der Waals surface area contributed by atoms with Crippen LogP contribution in [0.2, 0.25) is 0 Å². The van der Waals surface area contributed by atoms with Crippen LogP contribution in [-0.2, 0) is 22.7 Å². The van der Waals surface area contributed by atoms with Gasteiger partial charge in [0, 0.05) is 17.5 Å². The standard InChI is InChI=1S/C20H15FN2O4S/c21-14-7-5-13(6-8-14)19-22-15(12-28-19)11-26-18(24)9-10-23-16-3-1-2-4-17(16)27-20(23)25/h1-8,12H,9-11H2. The average Bonchev–Trinajstić information content (AvgIpc) is 3.29. The van der Waals surface area contributed by atoms with Crippen LogP contribution in [0, 0.1) is 5.82 Å². The Labute approximate surface area is 162 Å². The van der Waals surface area contributed by atoms with E-state index in [1.54, 1.807) is 41.8 Å². The lowest BCUT2D eigenvalue weighted by Crippen LogP contribution is -2.17. The second kappa shape index (κ2) is 7.77. The number of aromatic nitrogens is 2. The Balaban J connectivity index is 1.34. The monoisotopic (exact) mass is 398 g/mol. The number of esters is 1. The Morgan fingerprint density at radius 3 is 2.79 bits per heavy atom. The molecule has 0 saturated heterocycles. The van der Waals surface area contributed by atoms with Crippen molar-refractivity contribution in [1.82, 2.24) is 9.55 Å². The summed E-state index contributed by atoms with van der Waals surface area (Å²) in [5.41, 5.74) is 2.54. The van der Waals surface area contributed by atoms with E-state index in [9.17, 15) is 14.0 Å². The Morgan fingerprint density at radius 1 is 1.18 bits per heavy atom. The van der Waals surface area contributed by atoms with E-state index in [-0.39, 0.29) is 25.4 Å². The number of carbonyl (C=O) groups excluding carboxylic acids is 1. The zero-order valence-electron chi connectivity index (χ0n) is 14.6. The van der Waals surface area contributed by atoms with Crippen LogP contribution in [0.3, 0.4) is 0 Å². The van der Waals surface area contributed by atoms with E-state index in [1.165, 1.54) is 28.0 Å². The molecule has 0 N–H and O–H groups in total. The van der Waals surface area contributed by atoms with Crippen LogP contribution in [0.4, 0.5) is 4.39 Å². The minimum atomic E-state index is -0.502. The van der Waals surface area contributed by atoms with Crippen LogP contribution in [0.1, 0.15) is 12.1 Å². The molecule has 8 heteroatoms. The summed E-state index contributed by atoms with van der Waals surface area (Å²) in [6, 6.07) is 13.1. The minimum Gasteiger partial charge on any atom is -0.459 e. The number of ether oxygens (including phenoxy) is 1. The molecule has 0 aliphatic carbocycles. The van der Waals surface area contributed by atoms with Crippen LogP contribution in [0.25, 0.3) is 21.7 Å². The summed E-state index contributed by atoms with van der Waals surface area (Å²) in [5.74, 6) is -1.25. The maximum atomic E-state index is 13.0. The van der Waals surface area contributed by atoms with Gasteiger partial charge in [-0.2, -0.15) is 0 Å². The van der Waals surface area contributed by atoms with Crippen molar-refractivity contribution < 1.29 is 18.3 Å². The molecule has 28 heavy (non-hydrogen) atoms. The summed E-state index contributed by atoms with van der Waals surface area (Å²) in [6.45, 7) is 0.212. The second-order valence-corrected chi connectivity index (χ2v) is 6.91. The van der Waals surface area contributed by atoms with Gasteiger partial charge < -0.3 is 9.15 Å². The van der Waals surface area contributed by atoms with Crippen LogP contribution in [0.15, 0.2) is 63.1 Å². The summed E-state index contributed by atoms with van der Waals surface area (Å²) in [6.07, 6.45) is 0.0401. The first-order valence-electron chi connectivity index (χ1n) is 8.54. The molecular formula is C20H15FN2O4S. The lowest BCUT2D eigenvalue weighted by molar-refractivity contribution is -0.145. The van der Waals surface area contributed by atoms with Gasteiger partial charge in [-0.25, -0.2) is 14.2 Å². The minimum absolute atomic E-state index is 0.0392. The average molecular weight is 398 g/mol. The van der Waals surface area contributed by atoms with Gasteiger partial charge in [0.05, 0.1) is 17.6 Å². The van der Waals surface area contributed by atoms with E-state index in [4.69, 9.17) is 9.15 Å². The number of carbonyl (C=O) groups is 1. The van der Waals surface area contributed by atoms with Crippen LogP contribution in [0.5, 0.6) is 0 Å². The molecule has 0 bridgehead atoms. The molecule has 4 rings (SSSR count). The normalized spacial score (nSPS) is 11.0. The fourth-order valence-electron chi connectivity index (χ4n) is 2.75. The van der Waals surface area contributed by atoms with Crippen molar-refractivity contribution in [3.8, 4) is 10.6 Å². The Kier molecular flexibility index (Phi) is 5.03. The van der Waals surface area contributed by atoms with Crippen molar-refractivity contribution in [3.63, 3.8) is 0 Å². The summed E-state index contributed by atoms with van der Waals surface area (Å²) in [4.78, 5) is 28.3. The predicted octanol–water partition coefficient (Wildman–Crippen LogP) is 3.99. The highest BCUT2D eigenvalue weighted by molar-refractivity contribution is 7.13. The zero-order valence-corrected chi connectivity index (χ0v) is 15.4. The van der Waals surface area contributed by atoms with Crippen molar-refractivity contribution in [1.29, 1.82) is 0 Å². The van der Waals surface area contributed by atoms with Gasteiger partial charge in [-0.1, -0.05) is 12.1 Å². The van der Waals surface area contributed by atoms with Crippen molar-refractivity contribution in [2.75, 3.05) is 0 Å². The number of nitrogens with zero attached hydrogens (tertiary/aromatic N) is 2. The molecule has 0 unspecified atom stereocenters. The zero-order chi connectivity index (χ0) is 19.5. The van der Waals surface area contributed by atoms with E-state index in [0.717, 1.165) is 10.6 Å². The lowest BCUT2D eigenvalue weighted by atomic mass is 10.2. The molecule has 142 valence electrons. The van der Waals surface area contributed by atoms with Gasteiger partial charge in [-0.05, 0) is 36.4 Å². The summed E-state index contributed by atoms with van der Waals surface area (Å²) in [5, 5.41) is 2.52. The molecule has 0 fully saturated rings. The highest BCUT2D eigenvalue weighted by atomic mass is 32.1. The van der Waals surface area contributed by atoms with E-state index in [2.05, 4.69) is 4.98 Å². The van der Waals surface area contributed by atoms with Crippen LogP contribution >= 0.6 is 11.3 Å². The maximum Gasteiger partial charge on any atom is 0.419 e. The Morgan fingerprint density at radius 2 is 1.96 bits per heavy atom. The number of para-hydroxylation sites is 2. The number of fused-ring (bicyclic) bond motifs is 1. The number of hydrogen-bond donors (Lipinski definition) is 0. The summed E-state index contributed by atoms with van der Waals surface area (Å²) < 4.78 is 24.8. The first-order chi connectivity index (χ1) is 13.6. The third-order valence-corrected chi connectivity index (χ3v) is 5.08. The first kappa shape index (κ1) is 18.1. The third-order valence-electron chi connectivity index (χ3n) is 4.14. The molecule has 2 aromatic heterocycles. The molecular weight excluding hydrogens is 383 g/mol. The van der Waals surface area contributed by atoms with Crippen LogP contribution < -0.4 is 5.76 Å². The van der Waals surface area contributed by atoms with Gasteiger partial charge in [0.25, 0.3) is 0 Å². The molecule has 0 atom stereocenters. The molecule has 0 amide bonds. The third kappa shape index (κ3) is 3.86. The SMILES string of the molecule is O=C(CCn1c(=O)oc2ccccc21)OCc1csc(-c2ccc(F)cc2)n1. The molecule has 2 heterocycles.